The highest BCUT2D eigenvalue weighted by atomic mass is 16.3. The van der Waals surface area contributed by atoms with E-state index in [-0.39, 0.29) is 0 Å². The third-order valence-electron chi connectivity index (χ3n) is 3.68. The van der Waals surface area contributed by atoms with Gasteiger partial charge in [0.05, 0.1) is 28.8 Å². The molecule has 0 aliphatic heterocycles. The van der Waals surface area contributed by atoms with Crippen LogP contribution in [0, 0.1) is 11.3 Å². The van der Waals surface area contributed by atoms with Gasteiger partial charge in [0.25, 0.3) is 0 Å². The molecule has 0 amide bonds. The first-order valence-corrected chi connectivity index (χ1v) is 6.77. The van der Waals surface area contributed by atoms with Gasteiger partial charge < -0.3 is 9.67 Å². The fourth-order valence-corrected chi connectivity index (χ4v) is 2.45. The van der Waals surface area contributed by atoms with Crippen molar-refractivity contribution in [2.45, 2.75) is 12.5 Å². The standard InChI is InChI=1S/C17H15N3O/c1-20-15-5-3-2-4-14(15)19-17(20)10-16(21)13-8-6-12(11-18)7-9-13/h2-9,16,21H,10H2,1H3. The van der Waals surface area contributed by atoms with E-state index in [1.165, 1.54) is 0 Å². The van der Waals surface area contributed by atoms with Gasteiger partial charge in [-0.25, -0.2) is 4.98 Å². The van der Waals surface area contributed by atoms with E-state index in [1.54, 1.807) is 24.3 Å². The molecular weight excluding hydrogens is 262 g/mol. The van der Waals surface area contributed by atoms with Crippen molar-refractivity contribution in [2.75, 3.05) is 0 Å². The number of nitriles is 1. The Morgan fingerprint density at radius 3 is 2.57 bits per heavy atom. The van der Waals surface area contributed by atoms with E-state index in [0.29, 0.717) is 12.0 Å². The Morgan fingerprint density at radius 1 is 1.19 bits per heavy atom. The zero-order valence-corrected chi connectivity index (χ0v) is 11.7. The second-order valence-electron chi connectivity index (χ2n) is 5.03. The van der Waals surface area contributed by atoms with Gasteiger partial charge in [-0.2, -0.15) is 5.26 Å². The van der Waals surface area contributed by atoms with Gasteiger partial charge >= 0.3 is 0 Å². The molecule has 0 saturated carbocycles. The minimum Gasteiger partial charge on any atom is -0.388 e. The second kappa shape index (κ2) is 5.39. The Balaban J connectivity index is 1.87. The summed E-state index contributed by atoms with van der Waals surface area (Å²) in [6.07, 6.45) is -0.190. The van der Waals surface area contributed by atoms with Crippen LogP contribution in [0.25, 0.3) is 11.0 Å². The van der Waals surface area contributed by atoms with Crippen LogP contribution in [-0.2, 0) is 13.5 Å². The monoisotopic (exact) mass is 277 g/mol. The normalized spacial score (nSPS) is 12.2. The van der Waals surface area contributed by atoms with E-state index >= 15 is 0 Å². The number of imidazole rings is 1. The summed E-state index contributed by atoms with van der Waals surface area (Å²) in [7, 11) is 1.95. The smallest absolute Gasteiger partial charge is 0.112 e. The molecule has 0 aliphatic carbocycles. The van der Waals surface area contributed by atoms with Crippen LogP contribution < -0.4 is 0 Å². The first-order valence-electron chi connectivity index (χ1n) is 6.77. The summed E-state index contributed by atoms with van der Waals surface area (Å²) in [5.74, 6) is 0.841. The Labute approximate surface area is 122 Å². The zero-order valence-electron chi connectivity index (χ0n) is 11.7. The summed E-state index contributed by atoms with van der Waals surface area (Å²) in [5, 5.41) is 19.1. The molecule has 1 aromatic heterocycles. The van der Waals surface area contributed by atoms with E-state index in [0.717, 1.165) is 22.4 Å². The van der Waals surface area contributed by atoms with Crippen molar-refractivity contribution in [1.29, 1.82) is 5.26 Å². The van der Waals surface area contributed by atoms with Crippen LogP contribution in [-0.4, -0.2) is 14.7 Å². The summed E-state index contributed by atoms with van der Waals surface area (Å²) < 4.78 is 2.00. The summed E-state index contributed by atoms with van der Waals surface area (Å²) in [4.78, 5) is 4.56. The van der Waals surface area contributed by atoms with Crippen LogP contribution in [0.1, 0.15) is 23.1 Å². The van der Waals surface area contributed by atoms with Crippen LogP contribution in [0.15, 0.2) is 48.5 Å². The van der Waals surface area contributed by atoms with Gasteiger partial charge in [0.2, 0.25) is 0 Å². The molecule has 3 rings (SSSR count). The summed E-state index contributed by atoms with van der Waals surface area (Å²) in [6, 6.07) is 17.0. The van der Waals surface area contributed by atoms with Gasteiger partial charge in [-0.1, -0.05) is 24.3 Å². The topological polar surface area (TPSA) is 61.8 Å². The van der Waals surface area contributed by atoms with Gasteiger partial charge in [-0.3, -0.25) is 0 Å². The van der Waals surface area contributed by atoms with E-state index in [1.807, 2.05) is 35.9 Å². The average molecular weight is 277 g/mol. The molecule has 3 aromatic rings. The van der Waals surface area contributed by atoms with Crippen molar-refractivity contribution in [1.82, 2.24) is 9.55 Å². The van der Waals surface area contributed by atoms with Crippen LogP contribution in [0.5, 0.6) is 0 Å². The molecule has 0 radical (unpaired) electrons. The van der Waals surface area contributed by atoms with E-state index in [9.17, 15) is 5.11 Å². The molecule has 1 heterocycles. The zero-order chi connectivity index (χ0) is 14.8. The van der Waals surface area contributed by atoms with E-state index < -0.39 is 6.10 Å². The molecule has 0 saturated heterocycles. The number of fused-ring (bicyclic) bond motifs is 1. The number of benzene rings is 2. The summed E-state index contributed by atoms with van der Waals surface area (Å²) >= 11 is 0. The number of aryl methyl sites for hydroxylation is 1. The molecule has 1 N–H and O–H groups in total. The minimum atomic E-state index is -0.631. The molecule has 104 valence electrons. The lowest BCUT2D eigenvalue weighted by molar-refractivity contribution is 0.175. The summed E-state index contributed by atoms with van der Waals surface area (Å²) in [5.41, 5.74) is 3.37. The molecule has 1 unspecified atom stereocenters. The number of hydrogen-bond acceptors (Lipinski definition) is 3. The number of rotatable bonds is 3. The van der Waals surface area contributed by atoms with Crippen molar-refractivity contribution in [2.24, 2.45) is 7.05 Å². The predicted octanol–water partition coefficient (Wildman–Crippen LogP) is 2.72. The lowest BCUT2D eigenvalue weighted by atomic mass is 10.0. The number of aliphatic hydroxyl groups excluding tert-OH is 1. The van der Waals surface area contributed by atoms with Crippen molar-refractivity contribution >= 4 is 11.0 Å². The SMILES string of the molecule is Cn1c(CC(O)c2ccc(C#N)cc2)nc2ccccc21. The highest BCUT2D eigenvalue weighted by Gasteiger charge is 2.14. The van der Waals surface area contributed by atoms with Gasteiger partial charge in [0.15, 0.2) is 0 Å². The fraction of sp³-hybridized carbons (Fsp3) is 0.176. The van der Waals surface area contributed by atoms with Crippen molar-refractivity contribution in [3.8, 4) is 6.07 Å². The van der Waals surface area contributed by atoms with Crippen molar-refractivity contribution in [3.05, 3.63) is 65.5 Å². The lowest BCUT2D eigenvalue weighted by Crippen LogP contribution is -2.06. The number of para-hydroxylation sites is 2. The largest absolute Gasteiger partial charge is 0.388 e. The highest BCUT2D eigenvalue weighted by molar-refractivity contribution is 5.75. The number of nitrogens with zero attached hydrogens (tertiary/aromatic N) is 3. The lowest BCUT2D eigenvalue weighted by Gasteiger charge is -2.11. The van der Waals surface area contributed by atoms with E-state index in [2.05, 4.69) is 11.1 Å². The fourth-order valence-electron chi connectivity index (χ4n) is 2.45. The van der Waals surface area contributed by atoms with Gasteiger partial charge in [-0.05, 0) is 29.8 Å². The Bertz CT molecular complexity index is 812. The van der Waals surface area contributed by atoms with Crippen LogP contribution in [0.3, 0.4) is 0 Å². The molecule has 1 atom stereocenters. The van der Waals surface area contributed by atoms with E-state index in [4.69, 9.17) is 5.26 Å². The molecule has 0 bridgehead atoms. The van der Waals surface area contributed by atoms with Crippen molar-refractivity contribution < 1.29 is 5.11 Å². The third-order valence-corrected chi connectivity index (χ3v) is 3.68. The maximum atomic E-state index is 10.4. The first kappa shape index (κ1) is 13.3. The Kier molecular flexibility index (Phi) is 3.43. The highest BCUT2D eigenvalue weighted by Crippen LogP contribution is 2.21. The average Bonchev–Trinajstić information content (AvgIpc) is 2.84. The number of aromatic nitrogens is 2. The molecular formula is C17H15N3O. The van der Waals surface area contributed by atoms with Gasteiger partial charge in [0, 0.05) is 13.5 Å². The molecule has 21 heavy (non-hydrogen) atoms. The van der Waals surface area contributed by atoms with Gasteiger partial charge in [0.1, 0.15) is 5.82 Å². The maximum absolute atomic E-state index is 10.4. The number of aliphatic hydroxyl groups is 1. The first-order chi connectivity index (χ1) is 10.2. The molecule has 0 fully saturated rings. The Morgan fingerprint density at radius 2 is 1.90 bits per heavy atom. The van der Waals surface area contributed by atoms with Crippen molar-refractivity contribution in [3.63, 3.8) is 0 Å². The summed E-state index contributed by atoms with van der Waals surface area (Å²) in [6.45, 7) is 0. The molecule has 0 spiro atoms. The Hall–Kier alpha value is -2.64. The van der Waals surface area contributed by atoms with Crippen LogP contribution in [0.4, 0.5) is 0 Å². The second-order valence-corrected chi connectivity index (χ2v) is 5.03. The van der Waals surface area contributed by atoms with Gasteiger partial charge in [-0.15, -0.1) is 0 Å². The minimum absolute atomic E-state index is 0.442. The quantitative estimate of drug-likeness (QED) is 0.800. The molecule has 4 heteroatoms. The number of hydrogen-bond donors (Lipinski definition) is 1. The molecule has 0 aliphatic rings. The third kappa shape index (κ3) is 2.51. The predicted molar refractivity (Wildman–Crippen MR) is 80.5 cm³/mol. The van der Waals surface area contributed by atoms with Crippen LogP contribution in [0.2, 0.25) is 0 Å². The molecule has 4 nitrogen and oxygen atoms in total. The van der Waals surface area contributed by atoms with Crippen LogP contribution >= 0.6 is 0 Å². The maximum Gasteiger partial charge on any atom is 0.112 e. The molecule has 2 aromatic carbocycles.